The summed E-state index contributed by atoms with van der Waals surface area (Å²) in [5, 5.41) is 2.86. The minimum Gasteiger partial charge on any atom is -0.367 e. The smallest absolute Gasteiger partial charge is 0.256 e. The normalized spacial score (nSPS) is 26.1. The van der Waals surface area contributed by atoms with Gasteiger partial charge in [0.05, 0.1) is 0 Å². The van der Waals surface area contributed by atoms with Gasteiger partial charge in [-0.05, 0) is 6.42 Å². The Kier molecular flexibility index (Phi) is 2.79. The number of amides is 1. The number of hydrogen-bond donors (Lipinski definition) is 3. The number of aromatic amines is 1. The molecule has 5 nitrogen and oxygen atoms in total. The van der Waals surface area contributed by atoms with E-state index in [2.05, 4.69) is 10.3 Å². The molecule has 0 aromatic carbocycles. The molecule has 1 fully saturated rings. The van der Waals surface area contributed by atoms with Crippen LogP contribution in [0.25, 0.3) is 0 Å². The van der Waals surface area contributed by atoms with Gasteiger partial charge in [0.15, 0.2) is 5.43 Å². The first kappa shape index (κ1) is 11.9. The number of rotatable bonds is 2. The molecule has 1 aliphatic carbocycles. The molecule has 1 heterocycles. The van der Waals surface area contributed by atoms with E-state index in [4.69, 9.17) is 5.73 Å². The van der Waals surface area contributed by atoms with Crippen molar-refractivity contribution in [3.63, 3.8) is 0 Å². The van der Waals surface area contributed by atoms with Crippen LogP contribution in [0.4, 0.5) is 0 Å². The van der Waals surface area contributed by atoms with Crippen molar-refractivity contribution in [1.82, 2.24) is 10.3 Å². The van der Waals surface area contributed by atoms with E-state index in [0.29, 0.717) is 0 Å². The Morgan fingerprint density at radius 3 is 2.82 bits per heavy atom. The molecule has 0 radical (unpaired) electrons. The molecule has 1 aromatic rings. The van der Waals surface area contributed by atoms with E-state index >= 15 is 0 Å². The van der Waals surface area contributed by atoms with Crippen LogP contribution in [-0.4, -0.2) is 23.0 Å². The first-order valence-electron chi connectivity index (χ1n) is 5.66. The third kappa shape index (κ3) is 1.98. The Balaban J connectivity index is 2.09. The topological polar surface area (TPSA) is 88.0 Å². The van der Waals surface area contributed by atoms with E-state index in [9.17, 15) is 9.59 Å². The van der Waals surface area contributed by atoms with Gasteiger partial charge in [0.1, 0.15) is 5.56 Å². The quantitative estimate of drug-likeness (QED) is 0.685. The van der Waals surface area contributed by atoms with Crippen molar-refractivity contribution in [3.05, 3.63) is 34.2 Å². The molecule has 0 bridgehead atoms. The van der Waals surface area contributed by atoms with Crippen molar-refractivity contribution in [1.29, 1.82) is 0 Å². The Morgan fingerprint density at radius 2 is 2.29 bits per heavy atom. The summed E-state index contributed by atoms with van der Waals surface area (Å²) >= 11 is 0. The minimum absolute atomic E-state index is 0.0320. The van der Waals surface area contributed by atoms with Gasteiger partial charge in [-0.3, -0.25) is 9.59 Å². The second-order valence-electron chi connectivity index (χ2n) is 5.11. The molecule has 1 amide bonds. The highest BCUT2D eigenvalue weighted by Crippen LogP contribution is 2.38. The predicted molar refractivity (Wildman–Crippen MR) is 64.7 cm³/mol. The van der Waals surface area contributed by atoms with Crippen molar-refractivity contribution >= 4 is 5.91 Å². The summed E-state index contributed by atoms with van der Waals surface area (Å²) in [5.74, 6) is -0.336. The first-order valence-corrected chi connectivity index (χ1v) is 5.66. The minimum atomic E-state index is -0.336. The second kappa shape index (κ2) is 4.00. The molecule has 1 aromatic heterocycles. The largest absolute Gasteiger partial charge is 0.367 e. The fourth-order valence-corrected chi connectivity index (χ4v) is 2.03. The average molecular weight is 235 g/mol. The lowest BCUT2D eigenvalue weighted by molar-refractivity contribution is 0.0585. The number of nitrogens with one attached hydrogen (secondary N) is 2. The van der Waals surface area contributed by atoms with Crippen molar-refractivity contribution in [2.45, 2.75) is 32.4 Å². The van der Waals surface area contributed by atoms with Gasteiger partial charge < -0.3 is 16.0 Å². The standard InChI is InChI=1S/C12H17N3O2/c1-12(2)9(13)5-10(12)15-11(17)7-6-14-4-3-8(7)16/h3-4,6,9-10H,5,13H2,1-2H3,(H,14,16)(H,15,17). The molecule has 1 aliphatic rings. The molecule has 92 valence electrons. The van der Waals surface area contributed by atoms with Crippen LogP contribution in [0.3, 0.4) is 0 Å². The summed E-state index contributed by atoms with van der Waals surface area (Å²) in [7, 11) is 0. The van der Waals surface area contributed by atoms with Crippen molar-refractivity contribution < 1.29 is 4.79 Å². The van der Waals surface area contributed by atoms with E-state index in [-0.39, 0.29) is 34.4 Å². The highest BCUT2D eigenvalue weighted by atomic mass is 16.2. The number of carbonyl (C=O) groups excluding carboxylic acids is 1. The fraction of sp³-hybridized carbons (Fsp3) is 0.500. The summed E-state index contributed by atoms with van der Waals surface area (Å²) < 4.78 is 0. The lowest BCUT2D eigenvalue weighted by Crippen LogP contribution is -2.64. The van der Waals surface area contributed by atoms with E-state index < -0.39 is 0 Å². The van der Waals surface area contributed by atoms with Gasteiger partial charge in [-0.25, -0.2) is 0 Å². The summed E-state index contributed by atoms with van der Waals surface area (Å²) in [6.45, 7) is 4.03. The summed E-state index contributed by atoms with van der Waals surface area (Å²) in [6, 6.07) is 1.47. The molecular weight excluding hydrogens is 218 g/mol. The second-order valence-corrected chi connectivity index (χ2v) is 5.11. The Bertz CT molecular complexity index is 493. The molecule has 0 saturated heterocycles. The monoisotopic (exact) mass is 235 g/mol. The van der Waals surface area contributed by atoms with Crippen LogP contribution < -0.4 is 16.5 Å². The van der Waals surface area contributed by atoms with Crippen molar-refractivity contribution in [2.75, 3.05) is 0 Å². The van der Waals surface area contributed by atoms with Gasteiger partial charge in [-0.15, -0.1) is 0 Å². The third-order valence-electron chi connectivity index (χ3n) is 3.72. The van der Waals surface area contributed by atoms with Crippen LogP contribution in [0, 0.1) is 5.41 Å². The molecule has 2 rings (SSSR count). The first-order chi connectivity index (χ1) is 7.93. The maximum absolute atomic E-state index is 11.9. The summed E-state index contributed by atoms with van der Waals surface area (Å²) in [6.07, 6.45) is 3.68. The van der Waals surface area contributed by atoms with Crippen LogP contribution in [0.15, 0.2) is 23.3 Å². The average Bonchev–Trinajstić information content (AvgIpc) is 2.29. The van der Waals surface area contributed by atoms with Crippen LogP contribution in [0.2, 0.25) is 0 Å². The van der Waals surface area contributed by atoms with Gasteiger partial charge in [0.2, 0.25) is 0 Å². The summed E-state index contributed by atoms with van der Waals surface area (Å²) in [4.78, 5) is 26.1. The highest BCUT2D eigenvalue weighted by molar-refractivity contribution is 5.94. The molecule has 0 aliphatic heterocycles. The molecule has 17 heavy (non-hydrogen) atoms. The summed E-state index contributed by atoms with van der Waals surface area (Å²) in [5.41, 5.74) is 5.62. The highest BCUT2D eigenvalue weighted by Gasteiger charge is 2.46. The number of H-pyrrole nitrogens is 1. The number of nitrogens with two attached hydrogens (primary N) is 1. The van der Waals surface area contributed by atoms with Gasteiger partial charge in [-0.1, -0.05) is 13.8 Å². The van der Waals surface area contributed by atoms with E-state index in [1.807, 2.05) is 13.8 Å². The molecule has 4 N–H and O–H groups in total. The Labute approximate surface area is 99.4 Å². The molecule has 1 saturated carbocycles. The molecular formula is C12H17N3O2. The van der Waals surface area contributed by atoms with Gasteiger partial charge >= 0.3 is 0 Å². The van der Waals surface area contributed by atoms with Crippen LogP contribution >= 0.6 is 0 Å². The zero-order valence-corrected chi connectivity index (χ0v) is 9.99. The SMILES string of the molecule is CC1(C)C(N)CC1NC(=O)c1c[nH]ccc1=O. The van der Waals surface area contributed by atoms with Gasteiger partial charge in [-0.2, -0.15) is 0 Å². The number of carbonyl (C=O) groups is 1. The fourth-order valence-electron chi connectivity index (χ4n) is 2.03. The Hall–Kier alpha value is -1.62. The third-order valence-corrected chi connectivity index (χ3v) is 3.72. The van der Waals surface area contributed by atoms with Crippen LogP contribution in [0.5, 0.6) is 0 Å². The maximum atomic E-state index is 11.9. The lowest BCUT2D eigenvalue weighted by atomic mass is 9.63. The van der Waals surface area contributed by atoms with Crippen molar-refractivity contribution in [2.24, 2.45) is 11.1 Å². The zero-order chi connectivity index (χ0) is 12.6. The van der Waals surface area contributed by atoms with E-state index in [1.54, 1.807) is 0 Å². The molecule has 2 atom stereocenters. The molecule has 2 unspecified atom stereocenters. The predicted octanol–water partition coefficient (Wildman–Crippen LogP) is 0.230. The van der Waals surface area contributed by atoms with Crippen LogP contribution in [0.1, 0.15) is 30.6 Å². The lowest BCUT2D eigenvalue weighted by Gasteiger charge is -2.50. The number of aromatic nitrogens is 1. The number of pyridine rings is 1. The zero-order valence-electron chi connectivity index (χ0n) is 9.99. The van der Waals surface area contributed by atoms with E-state index in [1.165, 1.54) is 18.5 Å². The van der Waals surface area contributed by atoms with Gasteiger partial charge in [0.25, 0.3) is 5.91 Å². The maximum Gasteiger partial charge on any atom is 0.256 e. The van der Waals surface area contributed by atoms with Crippen molar-refractivity contribution in [3.8, 4) is 0 Å². The van der Waals surface area contributed by atoms with E-state index in [0.717, 1.165) is 6.42 Å². The van der Waals surface area contributed by atoms with Gasteiger partial charge in [0, 0.05) is 36.0 Å². The Morgan fingerprint density at radius 1 is 1.59 bits per heavy atom. The molecule has 0 spiro atoms. The molecule has 5 heteroatoms. The van der Waals surface area contributed by atoms with Crippen LogP contribution in [-0.2, 0) is 0 Å². The number of hydrogen-bond acceptors (Lipinski definition) is 3.